The molecule has 124 valence electrons. The number of nitrogens with zero attached hydrogens (tertiary/aromatic N) is 2. The Morgan fingerprint density at radius 1 is 1.05 bits per heavy atom. The predicted octanol–water partition coefficient (Wildman–Crippen LogP) is 0.632. The lowest BCUT2D eigenvalue weighted by Crippen LogP contribution is -2.47. The van der Waals surface area contributed by atoms with Crippen LogP contribution in [0, 0.1) is 5.82 Å². The Labute approximate surface area is 132 Å². The molecule has 2 aliphatic rings. The Morgan fingerprint density at radius 3 is 2.23 bits per heavy atom. The summed E-state index contributed by atoms with van der Waals surface area (Å²) in [6, 6.07) is 5.85. The number of nitrogens with two attached hydrogens (primary N) is 1. The fraction of sp³-hybridized carbons (Fsp3) is 0.625. The molecule has 2 fully saturated rings. The molecule has 22 heavy (non-hydrogen) atoms. The van der Waals surface area contributed by atoms with Gasteiger partial charge < -0.3 is 15.8 Å². The topological polar surface area (TPSA) is 53.8 Å². The number of nitrogens with one attached hydrogen (secondary N) is 1. The Balaban J connectivity index is 0.000000188. The lowest BCUT2D eigenvalue weighted by atomic mass is 10.3. The summed E-state index contributed by atoms with van der Waals surface area (Å²) < 4.78 is 17.4. The van der Waals surface area contributed by atoms with Crippen LogP contribution in [0.2, 0.25) is 0 Å². The first-order valence-corrected chi connectivity index (χ1v) is 7.98. The summed E-state index contributed by atoms with van der Waals surface area (Å²) in [6.45, 7) is 11.2. The largest absolute Gasteiger partial charge is 0.399 e. The first kappa shape index (κ1) is 17.1. The molecule has 0 spiro atoms. The fourth-order valence-electron chi connectivity index (χ4n) is 2.55. The van der Waals surface area contributed by atoms with Gasteiger partial charge in [0, 0.05) is 58.0 Å². The van der Waals surface area contributed by atoms with Crippen molar-refractivity contribution in [2.45, 2.75) is 0 Å². The van der Waals surface area contributed by atoms with Crippen molar-refractivity contribution >= 4 is 5.69 Å². The highest BCUT2D eigenvalue weighted by Gasteiger charge is 2.13. The molecule has 2 heterocycles. The first-order chi connectivity index (χ1) is 10.7. The van der Waals surface area contributed by atoms with Crippen LogP contribution in [0.1, 0.15) is 0 Å². The Hall–Kier alpha value is -1.21. The minimum atomic E-state index is -0.287. The van der Waals surface area contributed by atoms with Gasteiger partial charge in [-0.1, -0.05) is 6.07 Å². The van der Waals surface area contributed by atoms with Crippen LogP contribution in [0.25, 0.3) is 0 Å². The van der Waals surface area contributed by atoms with Gasteiger partial charge in [-0.15, -0.1) is 0 Å². The second-order valence-corrected chi connectivity index (χ2v) is 5.60. The third-order valence-corrected chi connectivity index (χ3v) is 3.89. The molecule has 0 amide bonds. The van der Waals surface area contributed by atoms with Crippen LogP contribution in [-0.4, -0.2) is 75.4 Å². The zero-order valence-corrected chi connectivity index (χ0v) is 13.1. The van der Waals surface area contributed by atoms with Crippen LogP contribution in [0.5, 0.6) is 0 Å². The van der Waals surface area contributed by atoms with Crippen molar-refractivity contribution in [3.63, 3.8) is 0 Å². The van der Waals surface area contributed by atoms with Gasteiger partial charge in [0.15, 0.2) is 0 Å². The molecule has 2 saturated heterocycles. The number of anilines is 1. The van der Waals surface area contributed by atoms with E-state index in [1.807, 2.05) is 0 Å². The van der Waals surface area contributed by atoms with Gasteiger partial charge in [-0.25, -0.2) is 4.39 Å². The Morgan fingerprint density at radius 2 is 1.68 bits per heavy atom. The van der Waals surface area contributed by atoms with Crippen LogP contribution in [0.15, 0.2) is 24.3 Å². The van der Waals surface area contributed by atoms with Crippen molar-refractivity contribution in [1.82, 2.24) is 15.1 Å². The molecule has 0 atom stereocenters. The van der Waals surface area contributed by atoms with Gasteiger partial charge >= 0.3 is 0 Å². The molecular formula is C16H27FN4O. The Kier molecular flexibility index (Phi) is 7.59. The van der Waals surface area contributed by atoms with Crippen LogP contribution in [0.4, 0.5) is 10.1 Å². The number of nitrogen functional groups attached to an aromatic ring is 1. The van der Waals surface area contributed by atoms with Gasteiger partial charge in [-0.3, -0.25) is 9.80 Å². The number of halogens is 1. The molecule has 3 N–H and O–H groups in total. The second-order valence-electron chi connectivity index (χ2n) is 5.60. The summed E-state index contributed by atoms with van der Waals surface area (Å²) >= 11 is 0. The number of rotatable bonds is 3. The summed E-state index contributed by atoms with van der Waals surface area (Å²) in [6.07, 6.45) is 0. The molecule has 0 saturated carbocycles. The van der Waals surface area contributed by atoms with E-state index < -0.39 is 0 Å². The highest BCUT2D eigenvalue weighted by molar-refractivity contribution is 5.36. The molecule has 3 rings (SSSR count). The van der Waals surface area contributed by atoms with Crippen molar-refractivity contribution in [1.29, 1.82) is 0 Å². The van der Waals surface area contributed by atoms with Crippen molar-refractivity contribution in [2.75, 3.05) is 71.3 Å². The molecule has 0 bridgehead atoms. The van der Waals surface area contributed by atoms with Gasteiger partial charge in [0.2, 0.25) is 0 Å². The first-order valence-electron chi connectivity index (χ1n) is 7.98. The Bertz CT molecular complexity index is 385. The summed E-state index contributed by atoms with van der Waals surface area (Å²) in [7, 11) is 0. The number of hydrogen-bond donors (Lipinski definition) is 2. The number of ether oxygens (including phenoxy) is 1. The van der Waals surface area contributed by atoms with Gasteiger partial charge in [-0.2, -0.15) is 0 Å². The molecule has 6 heteroatoms. The number of piperazine rings is 1. The van der Waals surface area contributed by atoms with Crippen molar-refractivity contribution in [3.8, 4) is 0 Å². The summed E-state index contributed by atoms with van der Waals surface area (Å²) in [5, 5.41) is 3.38. The quantitative estimate of drug-likeness (QED) is 0.802. The van der Waals surface area contributed by atoms with Gasteiger partial charge in [0.1, 0.15) is 5.82 Å². The second kappa shape index (κ2) is 9.74. The number of morpholine rings is 1. The number of benzene rings is 1. The van der Waals surface area contributed by atoms with E-state index in [0.717, 1.165) is 39.4 Å². The number of hydrogen-bond acceptors (Lipinski definition) is 5. The molecule has 2 aliphatic heterocycles. The van der Waals surface area contributed by atoms with Crippen LogP contribution in [-0.2, 0) is 4.74 Å². The van der Waals surface area contributed by atoms with Crippen molar-refractivity contribution in [2.24, 2.45) is 0 Å². The summed E-state index contributed by atoms with van der Waals surface area (Å²) in [4.78, 5) is 5.05. The van der Waals surface area contributed by atoms with E-state index in [2.05, 4.69) is 15.1 Å². The van der Waals surface area contributed by atoms with Crippen molar-refractivity contribution in [3.05, 3.63) is 30.1 Å². The van der Waals surface area contributed by atoms with E-state index in [1.165, 1.54) is 38.3 Å². The summed E-state index contributed by atoms with van der Waals surface area (Å²) in [5.41, 5.74) is 5.68. The highest BCUT2D eigenvalue weighted by Crippen LogP contribution is 2.02. The normalized spacial score (nSPS) is 20.2. The minimum absolute atomic E-state index is 0.287. The predicted molar refractivity (Wildman–Crippen MR) is 87.4 cm³/mol. The highest BCUT2D eigenvalue weighted by atomic mass is 19.1. The SMILES string of the molecule is C1CN(CCN2CCOCC2)CCN1.Nc1cccc(F)c1. The maximum atomic E-state index is 12.1. The smallest absolute Gasteiger partial charge is 0.125 e. The van der Waals surface area contributed by atoms with E-state index in [1.54, 1.807) is 12.1 Å². The third kappa shape index (κ3) is 6.70. The van der Waals surface area contributed by atoms with E-state index in [-0.39, 0.29) is 5.82 Å². The van der Waals surface area contributed by atoms with E-state index in [0.29, 0.717) is 5.69 Å². The van der Waals surface area contributed by atoms with Crippen molar-refractivity contribution < 1.29 is 9.13 Å². The lowest BCUT2D eigenvalue weighted by Gasteiger charge is -2.31. The van der Waals surface area contributed by atoms with E-state index in [4.69, 9.17) is 10.5 Å². The molecule has 0 aliphatic carbocycles. The van der Waals surface area contributed by atoms with Crippen LogP contribution >= 0.6 is 0 Å². The molecule has 0 unspecified atom stereocenters. The molecule has 0 radical (unpaired) electrons. The minimum Gasteiger partial charge on any atom is -0.399 e. The fourth-order valence-corrected chi connectivity index (χ4v) is 2.55. The van der Waals surface area contributed by atoms with Gasteiger partial charge in [0.25, 0.3) is 0 Å². The van der Waals surface area contributed by atoms with Crippen LogP contribution < -0.4 is 11.1 Å². The maximum Gasteiger partial charge on any atom is 0.125 e. The van der Waals surface area contributed by atoms with Gasteiger partial charge in [0.05, 0.1) is 13.2 Å². The third-order valence-electron chi connectivity index (χ3n) is 3.89. The summed E-state index contributed by atoms with van der Waals surface area (Å²) in [5.74, 6) is -0.287. The molecule has 1 aromatic carbocycles. The van der Waals surface area contributed by atoms with Gasteiger partial charge in [-0.05, 0) is 18.2 Å². The average Bonchev–Trinajstić information content (AvgIpc) is 2.55. The van der Waals surface area contributed by atoms with E-state index >= 15 is 0 Å². The zero-order valence-electron chi connectivity index (χ0n) is 13.1. The molecular weight excluding hydrogens is 283 g/mol. The van der Waals surface area contributed by atoms with Crippen LogP contribution in [0.3, 0.4) is 0 Å². The zero-order chi connectivity index (χ0) is 15.6. The average molecular weight is 310 g/mol. The van der Waals surface area contributed by atoms with E-state index in [9.17, 15) is 4.39 Å². The standard InChI is InChI=1S/C10H21N3O.C6H6FN/c1-3-12(4-2-11-1)5-6-13-7-9-14-10-8-13;7-5-2-1-3-6(8)4-5/h11H,1-10H2;1-4H,8H2. The lowest BCUT2D eigenvalue weighted by molar-refractivity contribution is 0.0328. The molecule has 5 nitrogen and oxygen atoms in total. The maximum absolute atomic E-state index is 12.1. The monoisotopic (exact) mass is 310 g/mol. The molecule has 1 aromatic rings. The molecule has 0 aromatic heterocycles.